The molecule has 2 N–H and O–H groups in total. The summed E-state index contributed by atoms with van der Waals surface area (Å²) in [5, 5.41) is 4.62. The zero-order valence-corrected chi connectivity index (χ0v) is 10.2. The van der Waals surface area contributed by atoms with Gasteiger partial charge in [-0.25, -0.2) is 0 Å². The van der Waals surface area contributed by atoms with E-state index in [0.29, 0.717) is 17.4 Å². The van der Waals surface area contributed by atoms with E-state index in [4.69, 9.17) is 22.1 Å². The number of morpholine rings is 1. The molecule has 0 aromatic carbocycles. The van der Waals surface area contributed by atoms with Crippen molar-refractivity contribution in [3.63, 3.8) is 0 Å². The first-order chi connectivity index (χ1) is 7.69. The maximum absolute atomic E-state index is 5.84. The summed E-state index contributed by atoms with van der Waals surface area (Å²) in [5.74, 6) is 0.379. The topological polar surface area (TPSA) is 56.3 Å². The van der Waals surface area contributed by atoms with Gasteiger partial charge in [-0.15, -0.1) is 0 Å². The summed E-state index contributed by atoms with van der Waals surface area (Å²) in [6.07, 6.45) is 1.91. The fourth-order valence-corrected chi connectivity index (χ4v) is 2.04. The van der Waals surface area contributed by atoms with Crippen LogP contribution >= 0.6 is 11.6 Å². The van der Waals surface area contributed by atoms with Crippen LogP contribution in [0, 0.1) is 0 Å². The molecule has 6 heteroatoms. The quantitative estimate of drug-likeness (QED) is 0.856. The van der Waals surface area contributed by atoms with Gasteiger partial charge in [0.05, 0.1) is 19.3 Å². The number of aromatic nitrogens is 2. The van der Waals surface area contributed by atoms with Crippen LogP contribution in [0.5, 0.6) is 0 Å². The standard InChI is InChI=1S/C10H17ClN4O/c1-2-14-3-4-16-8(5-14)6-15-7-9(11)10(12)13-15/h7-8H,2-6H2,1H3,(H2,12,13). The number of nitrogens with two attached hydrogens (primary N) is 1. The molecule has 1 fully saturated rings. The number of likely N-dealkylation sites (N-methyl/N-ethyl adjacent to an activating group) is 1. The first kappa shape index (κ1) is 11.7. The second kappa shape index (κ2) is 5.03. The van der Waals surface area contributed by atoms with Gasteiger partial charge >= 0.3 is 0 Å². The molecule has 1 aromatic heterocycles. The normalized spacial score (nSPS) is 22.5. The number of hydrogen-bond acceptors (Lipinski definition) is 4. The molecular formula is C10H17ClN4O. The Bertz CT molecular complexity index is 335. The predicted octanol–water partition coefficient (Wildman–Crippen LogP) is 0.839. The Morgan fingerprint density at radius 3 is 3.12 bits per heavy atom. The third kappa shape index (κ3) is 2.66. The molecule has 90 valence electrons. The highest BCUT2D eigenvalue weighted by Crippen LogP contribution is 2.16. The lowest BCUT2D eigenvalue weighted by Crippen LogP contribution is -2.44. The molecule has 1 aromatic rings. The molecule has 0 radical (unpaired) electrons. The number of rotatable bonds is 3. The molecule has 0 bridgehead atoms. The van der Waals surface area contributed by atoms with Crippen LogP contribution in [0.3, 0.4) is 0 Å². The Kier molecular flexibility index (Phi) is 3.68. The SMILES string of the molecule is CCN1CCOC(Cn2cc(Cl)c(N)n2)C1. The van der Waals surface area contributed by atoms with Crippen LogP contribution in [0.1, 0.15) is 6.92 Å². The molecule has 1 saturated heterocycles. The lowest BCUT2D eigenvalue weighted by atomic mass is 10.2. The lowest BCUT2D eigenvalue weighted by molar-refractivity contribution is -0.0357. The van der Waals surface area contributed by atoms with E-state index in [1.807, 2.05) is 0 Å². The molecular weight excluding hydrogens is 228 g/mol. The molecule has 5 nitrogen and oxygen atoms in total. The minimum absolute atomic E-state index is 0.170. The maximum Gasteiger partial charge on any atom is 0.164 e. The van der Waals surface area contributed by atoms with Crippen molar-refractivity contribution in [2.24, 2.45) is 0 Å². The molecule has 1 aliphatic heterocycles. The highest BCUT2D eigenvalue weighted by Gasteiger charge is 2.20. The van der Waals surface area contributed by atoms with E-state index in [1.54, 1.807) is 10.9 Å². The molecule has 2 rings (SSSR count). The van der Waals surface area contributed by atoms with E-state index in [0.717, 1.165) is 26.2 Å². The molecule has 0 aliphatic carbocycles. The van der Waals surface area contributed by atoms with Gasteiger partial charge in [0, 0.05) is 19.3 Å². The van der Waals surface area contributed by atoms with Crippen molar-refractivity contribution in [2.45, 2.75) is 19.6 Å². The van der Waals surface area contributed by atoms with Gasteiger partial charge in [0.25, 0.3) is 0 Å². The van der Waals surface area contributed by atoms with Crippen molar-refractivity contribution >= 4 is 17.4 Å². The van der Waals surface area contributed by atoms with Gasteiger partial charge in [-0.1, -0.05) is 18.5 Å². The molecule has 0 amide bonds. The van der Waals surface area contributed by atoms with Gasteiger partial charge in [0.15, 0.2) is 5.82 Å². The minimum atomic E-state index is 0.170. The summed E-state index contributed by atoms with van der Waals surface area (Å²) in [6, 6.07) is 0. The van der Waals surface area contributed by atoms with E-state index < -0.39 is 0 Å². The zero-order valence-electron chi connectivity index (χ0n) is 9.40. The van der Waals surface area contributed by atoms with Crippen LogP contribution in [0.4, 0.5) is 5.82 Å². The third-order valence-electron chi connectivity index (χ3n) is 2.80. The molecule has 2 heterocycles. The largest absolute Gasteiger partial charge is 0.381 e. The summed E-state index contributed by atoms with van der Waals surface area (Å²) in [5.41, 5.74) is 5.58. The van der Waals surface area contributed by atoms with Gasteiger partial charge in [0.1, 0.15) is 5.02 Å². The van der Waals surface area contributed by atoms with Gasteiger partial charge in [-0.2, -0.15) is 5.10 Å². The van der Waals surface area contributed by atoms with Crippen LogP contribution in [0.2, 0.25) is 5.02 Å². The molecule has 1 atom stereocenters. The highest BCUT2D eigenvalue weighted by molar-refractivity contribution is 6.32. The molecule has 1 unspecified atom stereocenters. The van der Waals surface area contributed by atoms with Crippen molar-refractivity contribution < 1.29 is 4.74 Å². The Morgan fingerprint density at radius 1 is 1.69 bits per heavy atom. The Morgan fingerprint density at radius 2 is 2.50 bits per heavy atom. The van der Waals surface area contributed by atoms with Crippen molar-refractivity contribution in [3.05, 3.63) is 11.2 Å². The van der Waals surface area contributed by atoms with E-state index in [-0.39, 0.29) is 6.10 Å². The van der Waals surface area contributed by atoms with E-state index in [9.17, 15) is 0 Å². The van der Waals surface area contributed by atoms with Crippen LogP contribution in [-0.4, -0.2) is 47.0 Å². The second-order valence-corrected chi connectivity index (χ2v) is 4.38. The van der Waals surface area contributed by atoms with Crippen molar-refractivity contribution in [3.8, 4) is 0 Å². The fraction of sp³-hybridized carbons (Fsp3) is 0.700. The maximum atomic E-state index is 5.84. The van der Waals surface area contributed by atoms with Crippen LogP contribution < -0.4 is 5.73 Å². The summed E-state index contributed by atoms with van der Waals surface area (Å²) < 4.78 is 7.43. The summed E-state index contributed by atoms with van der Waals surface area (Å²) in [4.78, 5) is 2.36. The Hall–Kier alpha value is -0.780. The Balaban J connectivity index is 1.93. The van der Waals surface area contributed by atoms with Gasteiger partial charge in [0.2, 0.25) is 0 Å². The van der Waals surface area contributed by atoms with E-state index >= 15 is 0 Å². The number of hydrogen-bond donors (Lipinski definition) is 1. The first-order valence-electron chi connectivity index (χ1n) is 5.51. The summed E-state index contributed by atoms with van der Waals surface area (Å²) in [7, 11) is 0. The van der Waals surface area contributed by atoms with E-state index in [2.05, 4.69) is 16.9 Å². The van der Waals surface area contributed by atoms with E-state index in [1.165, 1.54) is 0 Å². The molecule has 0 spiro atoms. The van der Waals surface area contributed by atoms with Crippen molar-refractivity contribution in [2.75, 3.05) is 32.0 Å². The van der Waals surface area contributed by atoms with Gasteiger partial charge < -0.3 is 10.5 Å². The zero-order chi connectivity index (χ0) is 11.5. The van der Waals surface area contributed by atoms with Crippen LogP contribution in [0.15, 0.2) is 6.20 Å². The highest BCUT2D eigenvalue weighted by atomic mass is 35.5. The average molecular weight is 245 g/mol. The van der Waals surface area contributed by atoms with Crippen LogP contribution in [-0.2, 0) is 11.3 Å². The fourth-order valence-electron chi connectivity index (χ4n) is 1.89. The molecule has 16 heavy (non-hydrogen) atoms. The molecule has 1 aliphatic rings. The number of nitrogen functional groups attached to an aromatic ring is 1. The minimum Gasteiger partial charge on any atom is -0.381 e. The Labute approximate surface area is 100 Å². The monoisotopic (exact) mass is 244 g/mol. The number of nitrogens with zero attached hydrogens (tertiary/aromatic N) is 3. The average Bonchev–Trinajstić information content (AvgIpc) is 2.58. The van der Waals surface area contributed by atoms with Crippen molar-refractivity contribution in [1.29, 1.82) is 0 Å². The summed E-state index contributed by atoms with van der Waals surface area (Å²) in [6.45, 7) is 6.65. The number of halogens is 1. The van der Waals surface area contributed by atoms with Crippen molar-refractivity contribution in [1.82, 2.24) is 14.7 Å². The smallest absolute Gasteiger partial charge is 0.164 e. The van der Waals surface area contributed by atoms with Crippen LogP contribution in [0.25, 0.3) is 0 Å². The summed E-state index contributed by atoms with van der Waals surface area (Å²) >= 11 is 5.84. The number of anilines is 1. The lowest BCUT2D eigenvalue weighted by Gasteiger charge is -2.31. The third-order valence-corrected chi connectivity index (χ3v) is 3.10. The molecule has 0 saturated carbocycles. The second-order valence-electron chi connectivity index (χ2n) is 3.97. The van der Waals surface area contributed by atoms with Gasteiger partial charge in [-0.3, -0.25) is 9.58 Å². The predicted molar refractivity (Wildman–Crippen MR) is 63.5 cm³/mol. The van der Waals surface area contributed by atoms with Gasteiger partial charge in [-0.05, 0) is 6.54 Å². The first-order valence-corrected chi connectivity index (χ1v) is 5.89. The number of ether oxygens (including phenoxy) is 1.